The normalized spacial score (nSPS) is 11.1. The number of nitrogens with zero attached hydrogens (tertiary/aromatic N) is 2. The molecule has 2 aromatic carbocycles. The molecule has 0 aliphatic rings. The number of rotatable bonds is 6. The van der Waals surface area contributed by atoms with Gasteiger partial charge in [0, 0.05) is 40.0 Å². The van der Waals surface area contributed by atoms with E-state index in [9.17, 15) is 0 Å². The maximum Gasteiger partial charge on any atom is 0.0692 e. The lowest BCUT2D eigenvalue weighted by Crippen LogP contribution is -2.14. The second kappa shape index (κ2) is 8.26. The highest BCUT2D eigenvalue weighted by atomic mass is 35.5. The van der Waals surface area contributed by atoms with E-state index in [1.54, 1.807) is 0 Å². The first-order valence-electron chi connectivity index (χ1n) is 8.67. The molecule has 0 unspecified atom stereocenters. The molecule has 1 N–H and O–H groups in total. The maximum absolute atomic E-state index is 6.30. The fourth-order valence-corrected chi connectivity index (χ4v) is 3.53. The van der Waals surface area contributed by atoms with Crippen LogP contribution in [0.1, 0.15) is 33.6 Å². The van der Waals surface area contributed by atoms with Gasteiger partial charge in [-0.05, 0) is 38.5 Å². The van der Waals surface area contributed by atoms with Gasteiger partial charge in [0.05, 0.1) is 12.2 Å². The van der Waals surface area contributed by atoms with Gasteiger partial charge in [-0.3, -0.25) is 4.68 Å². The van der Waals surface area contributed by atoms with Crippen LogP contribution in [0.5, 0.6) is 0 Å². The Morgan fingerprint density at radius 3 is 2.19 bits per heavy atom. The van der Waals surface area contributed by atoms with Gasteiger partial charge in [-0.15, -0.1) is 0 Å². The van der Waals surface area contributed by atoms with Gasteiger partial charge in [-0.2, -0.15) is 5.10 Å². The van der Waals surface area contributed by atoms with Crippen molar-refractivity contribution < 1.29 is 0 Å². The highest BCUT2D eigenvalue weighted by molar-refractivity contribution is 6.35. The van der Waals surface area contributed by atoms with Gasteiger partial charge in [0.1, 0.15) is 0 Å². The van der Waals surface area contributed by atoms with Gasteiger partial charge >= 0.3 is 0 Å². The number of hydrogen-bond acceptors (Lipinski definition) is 2. The Morgan fingerprint density at radius 1 is 0.885 bits per heavy atom. The Bertz CT molecular complexity index is 878. The molecule has 26 heavy (non-hydrogen) atoms. The molecule has 0 radical (unpaired) electrons. The van der Waals surface area contributed by atoms with Gasteiger partial charge in [0.25, 0.3) is 0 Å². The van der Waals surface area contributed by atoms with E-state index in [1.807, 2.05) is 29.8 Å². The van der Waals surface area contributed by atoms with Gasteiger partial charge in [-0.1, -0.05) is 59.1 Å². The molecule has 3 aromatic rings. The SMILES string of the molecule is Cc1ccc(CNCc2c(C)nn(Cc3c(Cl)cccc3Cl)c2C)cc1. The molecule has 3 rings (SSSR count). The van der Waals surface area contributed by atoms with Crippen LogP contribution in [0.3, 0.4) is 0 Å². The summed E-state index contributed by atoms with van der Waals surface area (Å²) in [7, 11) is 0. The third kappa shape index (κ3) is 4.29. The van der Waals surface area contributed by atoms with Crippen LogP contribution in [-0.4, -0.2) is 9.78 Å². The Labute approximate surface area is 164 Å². The summed E-state index contributed by atoms with van der Waals surface area (Å²) in [4.78, 5) is 0. The van der Waals surface area contributed by atoms with Gasteiger partial charge < -0.3 is 5.32 Å². The molecular formula is C21H23Cl2N3. The standard InChI is InChI=1S/C21H23Cl2N3/c1-14-7-9-17(10-8-14)11-24-12-18-15(2)25-26(16(18)3)13-19-20(22)5-4-6-21(19)23/h4-10,24H,11-13H2,1-3H3. The molecular weight excluding hydrogens is 365 g/mol. The van der Waals surface area contributed by atoms with Crippen LogP contribution in [0.4, 0.5) is 0 Å². The molecule has 136 valence electrons. The summed E-state index contributed by atoms with van der Waals surface area (Å²) in [5.74, 6) is 0. The summed E-state index contributed by atoms with van der Waals surface area (Å²) in [5.41, 5.74) is 6.85. The summed E-state index contributed by atoms with van der Waals surface area (Å²) in [6, 6.07) is 14.2. The molecule has 3 nitrogen and oxygen atoms in total. The topological polar surface area (TPSA) is 29.9 Å². The maximum atomic E-state index is 6.30. The van der Waals surface area contributed by atoms with Crippen molar-refractivity contribution in [1.82, 2.24) is 15.1 Å². The fraction of sp³-hybridized carbons (Fsp3) is 0.286. The zero-order valence-electron chi connectivity index (χ0n) is 15.3. The minimum Gasteiger partial charge on any atom is -0.308 e. The molecule has 0 saturated heterocycles. The number of hydrogen-bond donors (Lipinski definition) is 1. The average Bonchev–Trinajstić information content (AvgIpc) is 2.87. The summed E-state index contributed by atoms with van der Waals surface area (Å²) < 4.78 is 1.98. The van der Waals surface area contributed by atoms with E-state index < -0.39 is 0 Å². The van der Waals surface area contributed by atoms with Crippen molar-refractivity contribution in [3.63, 3.8) is 0 Å². The first kappa shape index (κ1) is 19.0. The minimum absolute atomic E-state index is 0.573. The van der Waals surface area contributed by atoms with Crippen molar-refractivity contribution in [2.45, 2.75) is 40.4 Å². The monoisotopic (exact) mass is 387 g/mol. The molecule has 0 bridgehead atoms. The summed E-state index contributed by atoms with van der Waals surface area (Å²) in [5, 5.41) is 9.54. The third-order valence-corrected chi connectivity index (χ3v) is 5.36. The molecule has 5 heteroatoms. The highest BCUT2D eigenvalue weighted by Crippen LogP contribution is 2.26. The lowest BCUT2D eigenvalue weighted by Gasteiger charge is -2.10. The smallest absolute Gasteiger partial charge is 0.0692 e. The van der Waals surface area contributed by atoms with Gasteiger partial charge in [0.2, 0.25) is 0 Å². The predicted octanol–water partition coefficient (Wildman–Crippen LogP) is 5.45. The van der Waals surface area contributed by atoms with Crippen molar-refractivity contribution in [3.8, 4) is 0 Å². The molecule has 0 amide bonds. The molecule has 0 aliphatic heterocycles. The molecule has 0 aliphatic carbocycles. The second-order valence-electron chi connectivity index (χ2n) is 6.60. The van der Waals surface area contributed by atoms with E-state index >= 15 is 0 Å². The van der Waals surface area contributed by atoms with E-state index in [4.69, 9.17) is 23.2 Å². The second-order valence-corrected chi connectivity index (χ2v) is 7.41. The van der Waals surface area contributed by atoms with Crippen LogP contribution < -0.4 is 5.32 Å². The highest BCUT2D eigenvalue weighted by Gasteiger charge is 2.14. The molecule has 0 saturated carbocycles. The molecule has 0 spiro atoms. The molecule has 1 aromatic heterocycles. The first-order chi connectivity index (χ1) is 12.5. The van der Waals surface area contributed by atoms with E-state index in [-0.39, 0.29) is 0 Å². The Hall–Kier alpha value is -1.81. The minimum atomic E-state index is 0.573. The van der Waals surface area contributed by atoms with E-state index in [2.05, 4.69) is 48.5 Å². The van der Waals surface area contributed by atoms with Crippen LogP contribution >= 0.6 is 23.2 Å². The number of aromatic nitrogens is 2. The number of aryl methyl sites for hydroxylation is 2. The number of benzene rings is 2. The van der Waals surface area contributed by atoms with Crippen molar-refractivity contribution in [2.75, 3.05) is 0 Å². The summed E-state index contributed by atoms with van der Waals surface area (Å²) in [6.07, 6.45) is 0. The quantitative estimate of drug-likeness (QED) is 0.608. The van der Waals surface area contributed by atoms with Crippen molar-refractivity contribution >= 4 is 23.2 Å². The zero-order valence-corrected chi connectivity index (χ0v) is 16.8. The lowest BCUT2D eigenvalue weighted by molar-refractivity contribution is 0.653. The van der Waals surface area contributed by atoms with Crippen LogP contribution in [0.25, 0.3) is 0 Å². The summed E-state index contributed by atoms with van der Waals surface area (Å²) >= 11 is 12.6. The first-order valence-corrected chi connectivity index (χ1v) is 9.43. The van der Waals surface area contributed by atoms with Crippen LogP contribution in [0.15, 0.2) is 42.5 Å². The Morgan fingerprint density at radius 2 is 1.54 bits per heavy atom. The zero-order chi connectivity index (χ0) is 18.7. The predicted molar refractivity (Wildman–Crippen MR) is 109 cm³/mol. The molecule has 0 fully saturated rings. The van der Waals surface area contributed by atoms with Crippen LogP contribution in [0.2, 0.25) is 10.0 Å². The van der Waals surface area contributed by atoms with Gasteiger partial charge in [0.15, 0.2) is 0 Å². The van der Waals surface area contributed by atoms with Gasteiger partial charge in [-0.25, -0.2) is 0 Å². The van der Waals surface area contributed by atoms with Crippen LogP contribution in [0, 0.1) is 20.8 Å². The fourth-order valence-electron chi connectivity index (χ4n) is 3.01. The summed E-state index contributed by atoms with van der Waals surface area (Å²) in [6.45, 7) is 8.42. The third-order valence-electron chi connectivity index (χ3n) is 4.65. The Kier molecular flexibility index (Phi) is 6.02. The van der Waals surface area contributed by atoms with Crippen molar-refractivity contribution in [2.24, 2.45) is 0 Å². The molecule has 0 atom stereocenters. The average molecular weight is 388 g/mol. The molecule has 1 heterocycles. The van der Waals surface area contributed by atoms with Crippen LogP contribution in [-0.2, 0) is 19.6 Å². The van der Waals surface area contributed by atoms with E-state index in [1.165, 1.54) is 16.7 Å². The van der Waals surface area contributed by atoms with Crippen molar-refractivity contribution in [3.05, 3.63) is 86.2 Å². The van der Waals surface area contributed by atoms with E-state index in [0.29, 0.717) is 16.6 Å². The number of halogens is 2. The lowest BCUT2D eigenvalue weighted by atomic mass is 10.1. The van der Waals surface area contributed by atoms with Crippen molar-refractivity contribution in [1.29, 1.82) is 0 Å². The Balaban J connectivity index is 1.70. The largest absolute Gasteiger partial charge is 0.308 e. The number of nitrogens with one attached hydrogen (secondary N) is 1. The van der Waals surface area contributed by atoms with E-state index in [0.717, 1.165) is 30.0 Å².